The first kappa shape index (κ1) is 13.4. The first-order valence-electron chi connectivity index (χ1n) is 7.88. The molecule has 3 aliphatic rings. The standard InChI is InChI=1S/C15H26N2O2/c18-14(11-19-13-3-1-2-4-13)17-9-6-15(7-10-17)5-8-16-12-15/h13,16H,1-12H2. The van der Waals surface area contributed by atoms with Gasteiger partial charge < -0.3 is 15.0 Å². The molecule has 0 bridgehead atoms. The Morgan fingerprint density at radius 2 is 1.95 bits per heavy atom. The van der Waals surface area contributed by atoms with Crippen LogP contribution in [0.3, 0.4) is 0 Å². The van der Waals surface area contributed by atoms with E-state index in [1.165, 1.54) is 19.3 Å². The van der Waals surface area contributed by atoms with Gasteiger partial charge in [0.2, 0.25) is 5.91 Å². The van der Waals surface area contributed by atoms with E-state index in [1.54, 1.807) is 0 Å². The van der Waals surface area contributed by atoms with E-state index in [0.29, 0.717) is 18.1 Å². The van der Waals surface area contributed by atoms with Gasteiger partial charge in [-0.3, -0.25) is 4.79 Å². The minimum absolute atomic E-state index is 0.202. The zero-order valence-corrected chi connectivity index (χ0v) is 11.8. The second-order valence-electron chi connectivity index (χ2n) is 6.53. The van der Waals surface area contributed by atoms with Gasteiger partial charge in [0.15, 0.2) is 0 Å². The van der Waals surface area contributed by atoms with Crippen molar-refractivity contribution in [2.75, 3.05) is 32.8 Å². The molecule has 19 heavy (non-hydrogen) atoms. The molecule has 2 saturated heterocycles. The molecule has 3 rings (SSSR count). The van der Waals surface area contributed by atoms with Crippen molar-refractivity contribution in [1.82, 2.24) is 10.2 Å². The highest BCUT2D eigenvalue weighted by atomic mass is 16.5. The molecule has 0 aromatic heterocycles. The van der Waals surface area contributed by atoms with Gasteiger partial charge in [0.25, 0.3) is 0 Å². The van der Waals surface area contributed by atoms with Gasteiger partial charge in [0.1, 0.15) is 6.61 Å². The van der Waals surface area contributed by atoms with Gasteiger partial charge in [-0.15, -0.1) is 0 Å². The summed E-state index contributed by atoms with van der Waals surface area (Å²) in [6.07, 6.45) is 8.76. The fraction of sp³-hybridized carbons (Fsp3) is 0.933. The van der Waals surface area contributed by atoms with E-state index in [2.05, 4.69) is 5.32 Å². The Labute approximate surface area is 115 Å². The van der Waals surface area contributed by atoms with Crippen LogP contribution in [0.1, 0.15) is 44.9 Å². The van der Waals surface area contributed by atoms with Gasteiger partial charge in [-0.05, 0) is 44.1 Å². The smallest absolute Gasteiger partial charge is 0.248 e. The molecule has 0 aromatic rings. The predicted molar refractivity (Wildman–Crippen MR) is 73.9 cm³/mol. The van der Waals surface area contributed by atoms with Crippen LogP contribution in [0.25, 0.3) is 0 Å². The molecule has 0 aromatic carbocycles. The molecule has 4 heteroatoms. The lowest BCUT2D eigenvalue weighted by molar-refractivity contribution is -0.140. The van der Waals surface area contributed by atoms with Crippen molar-refractivity contribution in [2.24, 2.45) is 5.41 Å². The average molecular weight is 266 g/mol. The molecule has 2 heterocycles. The van der Waals surface area contributed by atoms with Crippen LogP contribution in [-0.2, 0) is 9.53 Å². The fourth-order valence-electron chi connectivity index (χ4n) is 3.79. The number of ether oxygens (including phenoxy) is 1. The number of hydrogen-bond acceptors (Lipinski definition) is 3. The van der Waals surface area contributed by atoms with Crippen LogP contribution in [0.4, 0.5) is 0 Å². The highest BCUT2D eigenvalue weighted by Crippen LogP contribution is 2.36. The lowest BCUT2D eigenvalue weighted by atomic mass is 9.78. The maximum Gasteiger partial charge on any atom is 0.248 e. The van der Waals surface area contributed by atoms with Crippen LogP contribution in [-0.4, -0.2) is 49.7 Å². The maximum absolute atomic E-state index is 12.1. The van der Waals surface area contributed by atoms with E-state index < -0.39 is 0 Å². The molecule has 3 fully saturated rings. The van der Waals surface area contributed by atoms with Gasteiger partial charge in [0.05, 0.1) is 6.10 Å². The molecule has 1 spiro atoms. The number of rotatable bonds is 3. The summed E-state index contributed by atoms with van der Waals surface area (Å²) in [6.45, 7) is 4.45. The van der Waals surface area contributed by atoms with E-state index in [-0.39, 0.29) is 5.91 Å². The SMILES string of the molecule is O=C(COC1CCCC1)N1CCC2(CCNC2)CC1. The summed E-state index contributed by atoms with van der Waals surface area (Å²) in [5.41, 5.74) is 0.489. The first-order valence-corrected chi connectivity index (χ1v) is 7.88. The molecule has 1 aliphatic carbocycles. The molecule has 1 amide bonds. The Morgan fingerprint density at radius 3 is 2.58 bits per heavy atom. The molecule has 108 valence electrons. The second-order valence-corrected chi connectivity index (χ2v) is 6.53. The Bertz CT molecular complexity index is 310. The molecule has 1 N–H and O–H groups in total. The number of piperidine rings is 1. The zero-order chi connectivity index (χ0) is 13.1. The summed E-state index contributed by atoms with van der Waals surface area (Å²) in [4.78, 5) is 14.2. The van der Waals surface area contributed by atoms with Crippen molar-refractivity contribution in [2.45, 2.75) is 51.0 Å². The summed E-state index contributed by atoms with van der Waals surface area (Å²) < 4.78 is 5.73. The Balaban J connectivity index is 1.41. The van der Waals surface area contributed by atoms with Crippen LogP contribution in [0.5, 0.6) is 0 Å². The summed E-state index contributed by atoms with van der Waals surface area (Å²) in [5, 5.41) is 3.46. The van der Waals surface area contributed by atoms with Gasteiger partial charge >= 0.3 is 0 Å². The quantitative estimate of drug-likeness (QED) is 0.842. The van der Waals surface area contributed by atoms with Gasteiger partial charge in [-0.1, -0.05) is 12.8 Å². The fourth-order valence-corrected chi connectivity index (χ4v) is 3.79. The van der Waals surface area contributed by atoms with Crippen LogP contribution in [0.15, 0.2) is 0 Å². The highest BCUT2D eigenvalue weighted by molar-refractivity contribution is 5.77. The number of carbonyl (C=O) groups excluding carboxylic acids is 1. The summed E-state index contributed by atoms with van der Waals surface area (Å²) >= 11 is 0. The van der Waals surface area contributed by atoms with E-state index in [4.69, 9.17) is 4.74 Å². The second kappa shape index (κ2) is 5.80. The van der Waals surface area contributed by atoms with Crippen LogP contribution < -0.4 is 5.32 Å². The van der Waals surface area contributed by atoms with E-state index >= 15 is 0 Å². The molecule has 4 nitrogen and oxygen atoms in total. The average Bonchev–Trinajstić information content (AvgIpc) is 3.09. The molecule has 0 atom stereocenters. The predicted octanol–water partition coefficient (Wildman–Crippen LogP) is 1.55. The molecule has 0 radical (unpaired) electrons. The molecule has 1 saturated carbocycles. The van der Waals surface area contributed by atoms with Gasteiger partial charge in [-0.2, -0.15) is 0 Å². The van der Waals surface area contributed by atoms with Crippen molar-refractivity contribution in [1.29, 1.82) is 0 Å². The third kappa shape index (κ3) is 3.11. The number of likely N-dealkylation sites (tertiary alicyclic amines) is 1. The van der Waals surface area contributed by atoms with Crippen LogP contribution >= 0.6 is 0 Å². The number of nitrogens with zero attached hydrogens (tertiary/aromatic N) is 1. The van der Waals surface area contributed by atoms with Crippen LogP contribution in [0, 0.1) is 5.41 Å². The van der Waals surface area contributed by atoms with Gasteiger partial charge in [0, 0.05) is 19.6 Å². The number of amides is 1. The molecule has 2 aliphatic heterocycles. The van der Waals surface area contributed by atoms with E-state index in [1.807, 2.05) is 4.90 Å². The van der Waals surface area contributed by atoms with E-state index in [0.717, 1.165) is 51.9 Å². The molecule has 0 unspecified atom stereocenters. The zero-order valence-electron chi connectivity index (χ0n) is 11.8. The number of hydrogen-bond donors (Lipinski definition) is 1. The summed E-state index contributed by atoms with van der Waals surface area (Å²) in [5.74, 6) is 0.202. The summed E-state index contributed by atoms with van der Waals surface area (Å²) in [6, 6.07) is 0. The normalized spacial score (nSPS) is 27.3. The lowest BCUT2D eigenvalue weighted by Crippen LogP contribution is -2.45. The third-order valence-electron chi connectivity index (χ3n) is 5.25. The van der Waals surface area contributed by atoms with Crippen molar-refractivity contribution >= 4 is 5.91 Å². The third-order valence-corrected chi connectivity index (χ3v) is 5.25. The number of nitrogens with one attached hydrogen (secondary N) is 1. The first-order chi connectivity index (χ1) is 9.27. The monoisotopic (exact) mass is 266 g/mol. The van der Waals surface area contributed by atoms with Crippen molar-refractivity contribution in [3.05, 3.63) is 0 Å². The maximum atomic E-state index is 12.1. The highest BCUT2D eigenvalue weighted by Gasteiger charge is 2.38. The van der Waals surface area contributed by atoms with Crippen molar-refractivity contribution in [3.63, 3.8) is 0 Å². The van der Waals surface area contributed by atoms with Crippen LogP contribution in [0.2, 0.25) is 0 Å². The van der Waals surface area contributed by atoms with Crippen molar-refractivity contribution in [3.8, 4) is 0 Å². The summed E-state index contributed by atoms with van der Waals surface area (Å²) in [7, 11) is 0. The Hall–Kier alpha value is -0.610. The Morgan fingerprint density at radius 1 is 1.21 bits per heavy atom. The Kier molecular flexibility index (Phi) is 4.08. The number of carbonyl (C=O) groups is 1. The minimum atomic E-state index is 0.202. The van der Waals surface area contributed by atoms with Crippen molar-refractivity contribution < 1.29 is 9.53 Å². The largest absolute Gasteiger partial charge is 0.368 e. The lowest BCUT2D eigenvalue weighted by Gasteiger charge is -2.38. The van der Waals surface area contributed by atoms with E-state index in [9.17, 15) is 4.79 Å². The molecular weight excluding hydrogens is 240 g/mol. The topological polar surface area (TPSA) is 41.6 Å². The van der Waals surface area contributed by atoms with Gasteiger partial charge in [-0.25, -0.2) is 0 Å². The molecular formula is C15H26N2O2. The minimum Gasteiger partial charge on any atom is -0.368 e.